The van der Waals surface area contributed by atoms with Crippen LogP contribution in [0, 0.1) is 0 Å². The number of rotatable bonds is 12. The van der Waals surface area contributed by atoms with Crippen LogP contribution in [0.2, 0.25) is 10.0 Å². The molecule has 2 atom stereocenters. The zero-order valence-electron chi connectivity index (χ0n) is 22.2. The van der Waals surface area contributed by atoms with E-state index in [2.05, 4.69) is 5.32 Å². The van der Waals surface area contributed by atoms with Crippen molar-refractivity contribution in [3.63, 3.8) is 0 Å². The highest BCUT2D eigenvalue weighted by Crippen LogP contribution is 2.30. The van der Waals surface area contributed by atoms with Crippen molar-refractivity contribution in [3.05, 3.63) is 100 Å². The molecule has 3 aromatic carbocycles. The largest absolute Gasteiger partial charge is 0.352 e. The Morgan fingerprint density at radius 1 is 0.923 bits per heavy atom. The normalized spacial score (nSPS) is 12.8. The molecule has 1 N–H and O–H groups in total. The second kappa shape index (κ2) is 13.8. The van der Waals surface area contributed by atoms with Gasteiger partial charge in [-0.2, -0.15) is 0 Å². The summed E-state index contributed by atoms with van der Waals surface area (Å²) in [6.45, 7) is 3.42. The SMILES string of the molecule is CC[C@@H](C)NC(=O)[C@H](Cc1ccccc1)N(Cc1ccccc1)C(=O)CN(c1ccc(Cl)cc1Cl)S(C)(=O)=O. The first kappa shape index (κ1) is 30.5. The molecule has 0 aromatic heterocycles. The van der Waals surface area contributed by atoms with Crippen LogP contribution in [0.3, 0.4) is 0 Å². The molecule has 0 saturated heterocycles. The Kier molecular flexibility index (Phi) is 10.8. The van der Waals surface area contributed by atoms with Gasteiger partial charge in [-0.05, 0) is 42.7 Å². The zero-order chi connectivity index (χ0) is 28.6. The second-order valence-electron chi connectivity index (χ2n) is 9.40. The topological polar surface area (TPSA) is 86.8 Å². The maximum atomic E-state index is 14.0. The number of hydrogen-bond acceptors (Lipinski definition) is 4. The van der Waals surface area contributed by atoms with Crippen molar-refractivity contribution in [1.82, 2.24) is 10.2 Å². The molecule has 0 fully saturated rings. The minimum Gasteiger partial charge on any atom is -0.352 e. The number of hydrogen-bond donors (Lipinski definition) is 1. The summed E-state index contributed by atoms with van der Waals surface area (Å²) in [4.78, 5) is 29.1. The molecule has 10 heteroatoms. The Morgan fingerprint density at radius 2 is 1.51 bits per heavy atom. The lowest BCUT2D eigenvalue weighted by Gasteiger charge is -2.34. The first-order chi connectivity index (χ1) is 18.5. The molecular formula is C29H33Cl2N3O4S. The minimum atomic E-state index is -3.92. The summed E-state index contributed by atoms with van der Waals surface area (Å²) in [6, 6.07) is 22.1. The predicted octanol–water partition coefficient (Wildman–Crippen LogP) is 5.31. The molecular weight excluding hydrogens is 557 g/mol. The van der Waals surface area contributed by atoms with E-state index in [1.54, 1.807) is 0 Å². The molecule has 0 aliphatic carbocycles. The van der Waals surface area contributed by atoms with Crippen molar-refractivity contribution in [2.75, 3.05) is 17.1 Å². The average Bonchev–Trinajstić information content (AvgIpc) is 2.90. The van der Waals surface area contributed by atoms with Crippen molar-refractivity contribution in [3.8, 4) is 0 Å². The van der Waals surface area contributed by atoms with E-state index in [4.69, 9.17) is 23.2 Å². The summed E-state index contributed by atoms with van der Waals surface area (Å²) in [5, 5.41) is 3.42. The standard InChI is InChI=1S/C29H33Cl2N3O4S/c1-4-21(2)32-29(36)27(17-22-11-7-5-8-12-22)33(19-23-13-9-6-10-14-23)28(35)20-34(39(3,37)38)26-16-15-24(30)18-25(26)31/h5-16,18,21,27H,4,17,19-20H2,1-3H3,(H,32,36)/t21-,27+/m1/s1. The van der Waals surface area contributed by atoms with Crippen LogP contribution < -0.4 is 9.62 Å². The number of nitrogens with one attached hydrogen (secondary N) is 1. The number of amides is 2. The van der Waals surface area contributed by atoms with Crippen LogP contribution in [0.1, 0.15) is 31.4 Å². The van der Waals surface area contributed by atoms with Gasteiger partial charge >= 0.3 is 0 Å². The number of carbonyl (C=O) groups is 2. The Labute approximate surface area is 240 Å². The molecule has 7 nitrogen and oxygen atoms in total. The zero-order valence-corrected chi connectivity index (χ0v) is 24.5. The van der Waals surface area contributed by atoms with E-state index < -0.39 is 28.5 Å². The fraction of sp³-hybridized carbons (Fsp3) is 0.310. The summed E-state index contributed by atoms with van der Waals surface area (Å²) in [5.74, 6) is -0.858. The monoisotopic (exact) mass is 589 g/mol. The van der Waals surface area contributed by atoms with Crippen LogP contribution in [-0.2, 0) is 32.6 Å². The van der Waals surface area contributed by atoms with Gasteiger partial charge in [0.25, 0.3) is 0 Å². The number of carbonyl (C=O) groups excluding carboxylic acids is 2. The van der Waals surface area contributed by atoms with Crippen molar-refractivity contribution in [2.45, 2.75) is 45.3 Å². The van der Waals surface area contributed by atoms with Crippen LogP contribution in [-0.4, -0.2) is 50.0 Å². The smallest absolute Gasteiger partial charge is 0.244 e. The molecule has 0 bridgehead atoms. The van der Waals surface area contributed by atoms with Crippen LogP contribution in [0.4, 0.5) is 5.69 Å². The fourth-order valence-corrected chi connectivity index (χ4v) is 5.48. The molecule has 0 radical (unpaired) electrons. The Bertz CT molecular complexity index is 1370. The summed E-state index contributed by atoms with van der Waals surface area (Å²) < 4.78 is 26.6. The summed E-state index contributed by atoms with van der Waals surface area (Å²) in [6.07, 6.45) is 1.97. The van der Waals surface area contributed by atoms with Gasteiger partial charge in [-0.15, -0.1) is 0 Å². The van der Waals surface area contributed by atoms with Crippen LogP contribution >= 0.6 is 23.2 Å². The third-order valence-electron chi connectivity index (χ3n) is 6.33. The molecule has 3 rings (SSSR count). The second-order valence-corrected chi connectivity index (χ2v) is 12.1. The fourth-order valence-electron chi connectivity index (χ4n) is 4.05. The van der Waals surface area contributed by atoms with Gasteiger partial charge in [-0.1, -0.05) is 90.8 Å². The highest BCUT2D eigenvalue weighted by molar-refractivity contribution is 7.92. The molecule has 0 spiro atoms. The van der Waals surface area contributed by atoms with E-state index in [0.29, 0.717) is 11.4 Å². The van der Waals surface area contributed by atoms with E-state index in [-0.39, 0.29) is 35.6 Å². The number of sulfonamides is 1. The highest BCUT2D eigenvalue weighted by Gasteiger charge is 2.33. The Morgan fingerprint density at radius 3 is 2.05 bits per heavy atom. The lowest BCUT2D eigenvalue weighted by molar-refractivity contribution is -0.140. The van der Waals surface area contributed by atoms with E-state index in [1.807, 2.05) is 74.5 Å². The third kappa shape index (κ3) is 8.71. The Hall–Kier alpha value is -3.07. The van der Waals surface area contributed by atoms with Gasteiger partial charge in [-0.3, -0.25) is 13.9 Å². The third-order valence-corrected chi connectivity index (χ3v) is 7.99. The molecule has 0 heterocycles. The molecule has 0 aliphatic heterocycles. The van der Waals surface area contributed by atoms with E-state index in [9.17, 15) is 18.0 Å². The quantitative estimate of drug-likeness (QED) is 0.310. The minimum absolute atomic E-state index is 0.0886. The summed E-state index contributed by atoms with van der Waals surface area (Å²) in [5.41, 5.74) is 1.80. The van der Waals surface area contributed by atoms with Crippen molar-refractivity contribution in [2.24, 2.45) is 0 Å². The van der Waals surface area contributed by atoms with Crippen molar-refractivity contribution < 1.29 is 18.0 Å². The van der Waals surface area contributed by atoms with E-state index in [1.165, 1.54) is 23.1 Å². The maximum Gasteiger partial charge on any atom is 0.244 e. The van der Waals surface area contributed by atoms with E-state index in [0.717, 1.165) is 21.7 Å². The average molecular weight is 591 g/mol. The van der Waals surface area contributed by atoms with Gasteiger partial charge in [0.05, 0.1) is 17.0 Å². The molecule has 3 aromatic rings. The molecule has 208 valence electrons. The summed E-state index contributed by atoms with van der Waals surface area (Å²) in [7, 11) is -3.92. The molecule has 0 aliphatic rings. The Balaban J connectivity index is 2.06. The summed E-state index contributed by atoms with van der Waals surface area (Å²) >= 11 is 12.4. The van der Waals surface area contributed by atoms with Gasteiger partial charge in [-0.25, -0.2) is 8.42 Å². The predicted molar refractivity (Wildman–Crippen MR) is 157 cm³/mol. The number of halogens is 2. The van der Waals surface area contributed by atoms with Gasteiger partial charge < -0.3 is 10.2 Å². The first-order valence-electron chi connectivity index (χ1n) is 12.6. The molecule has 0 saturated carbocycles. The molecule has 0 unspecified atom stereocenters. The molecule has 39 heavy (non-hydrogen) atoms. The van der Waals surface area contributed by atoms with Gasteiger partial charge in [0.2, 0.25) is 21.8 Å². The lowest BCUT2D eigenvalue weighted by Crippen LogP contribution is -2.54. The van der Waals surface area contributed by atoms with Crippen LogP contribution in [0.25, 0.3) is 0 Å². The van der Waals surface area contributed by atoms with Crippen LogP contribution in [0.15, 0.2) is 78.9 Å². The number of benzene rings is 3. The van der Waals surface area contributed by atoms with Crippen LogP contribution in [0.5, 0.6) is 0 Å². The first-order valence-corrected chi connectivity index (χ1v) is 15.2. The van der Waals surface area contributed by atoms with Gasteiger partial charge in [0.15, 0.2) is 0 Å². The van der Waals surface area contributed by atoms with Gasteiger partial charge in [0.1, 0.15) is 12.6 Å². The highest BCUT2D eigenvalue weighted by atomic mass is 35.5. The van der Waals surface area contributed by atoms with E-state index >= 15 is 0 Å². The van der Waals surface area contributed by atoms with Gasteiger partial charge in [0, 0.05) is 24.0 Å². The van der Waals surface area contributed by atoms with Crippen molar-refractivity contribution in [1.29, 1.82) is 0 Å². The maximum absolute atomic E-state index is 14.0. The number of nitrogens with zero attached hydrogens (tertiary/aromatic N) is 2. The molecule has 2 amide bonds. The number of anilines is 1. The van der Waals surface area contributed by atoms with Crippen molar-refractivity contribution >= 4 is 50.7 Å². The lowest BCUT2D eigenvalue weighted by atomic mass is 10.0.